The number of aryl methyl sites for hydroxylation is 1. The topological polar surface area (TPSA) is 114 Å². The maximum atomic E-state index is 15.0. The number of fused-ring (bicyclic) bond motifs is 1. The van der Waals surface area contributed by atoms with Gasteiger partial charge in [-0.05, 0) is 45.2 Å². The van der Waals surface area contributed by atoms with Crippen molar-refractivity contribution in [3.05, 3.63) is 50.0 Å². The number of amides is 1. The minimum atomic E-state index is -0.959. The molecule has 0 aliphatic carbocycles. The highest BCUT2D eigenvalue weighted by Gasteiger charge is 2.35. The van der Waals surface area contributed by atoms with Crippen LogP contribution in [0.1, 0.15) is 51.8 Å². The van der Waals surface area contributed by atoms with Gasteiger partial charge in [-0.3, -0.25) is 4.98 Å². The van der Waals surface area contributed by atoms with E-state index < -0.39 is 34.4 Å². The summed E-state index contributed by atoms with van der Waals surface area (Å²) in [6.07, 6.45) is 1.12. The van der Waals surface area contributed by atoms with Crippen molar-refractivity contribution in [3.63, 3.8) is 0 Å². The number of piperazine rings is 1. The molecule has 39 heavy (non-hydrogen) atoms. The molecule has 1 atom stereocenters. The van der Waals surface area contributed by atoms with E-state index in [4.69, 9.17) is 27.9 Å². The maximum Gasteiger partial charge on any atom is 0.410 e. The highest BCUT2D eigenvalue weighted by molar-refractivity contribution is 6.38. The average Bonchev–Trinajstić information content (AvgIpc) is 2.85. The van der Waals surface area contributed by atoms with Gasteiger partial charge in [0.15, 0.2) is 16.6 Å². The highest BCUT2D eigenvalue weighted by Crippen LogP contribution is 2.37. The Morgan fingerprint density at radius 1 is 1.26 bits per heavy atom. The Hall–Kier alpha value is -3.02. The van der Waals surface area contributed by atoms with Crippen molar-refractivity contribution in [1.29, 1.82) is 0 Å². The van der Waals surface area contributed by atoms with E-state index in [9.17, 15) is 14.7 Å². The molecule has 0 radical (unpaired) electrons. The van der Waals surface area contributed by atoms with Gasteiger partial charge in [-0.2, -0.15) is 4.98 Å². The van der Waals surface area contributed by atoms with Crippen LogP contribution in [0.3, 0.4) is 0 Å². The van der Waals surface area contributed by atoms with Gasteiger partial charge in [0.2, 0.25) is 0 Å². The van der Waals surface area contributed by atoms with Gasteiger partial charge in [-0.25, -0.2) is 23.5 Å². The van der Waals surface area contributed by atoms with Crippen molar-refractivity contribution in [1.82, 2.24) is 24.4 Å². The number of hydrogen-bond acceptors (Lipinski definition) is 8. The number of aliphatic hydroxyl groups is 1. The molecule has 1 aliphatic heterocycles. The summed E-state index contributed by atoms with van der Waals surface area (Å²) in [4.78, 5) is 42.5. The van der Waals surface area contributed by atoms with Crippen LogP contribution in [0.4, 0.5) is 15.0 Å². The van der Waals surface area contributed by atoms with Crippen LogP contribution < -0.4 is 10.6 Å². The van der Waals surface area contributed by atoms with E-state index in [0.29, 0.717) is 11.4 Å². The van der Waals surface area contributed by atoms with Gasteiger partial charge in [0, 0.05) is 25.8 Å². The summed E-state index contributed by atoms with van der Waals surface area (Å²) < 4.78 is 21.8. The number of hydrogen-bond donors (Lipinski definition) is 1. The van der Waals surface area contributed by atoms with Crippen molar-refractivity contribution >= 4 is 46.1 Å². The lowest BCUT2D eigenvalue weighted by Gasteiger charge is -2.41. The van der Waals surface area contributed by atoms with Crippen LogP contribution in [-0.4, -0.2) is 73.5 Å². The Bertz CT molecular complexity index is 1490. The molecule has 3 aromatic heterocycles. The van der Waals surface area contributed by atoms with Gasteiger partial charge in [-0.1, -0.05) is 37.0 Å². The van der Waals surface area contributed by atoms with Crippen LogP contribution in [0.2, 0.25) is 10.2 Å². The van der Waals surface area contributed by atoms with Gasteiger partial charge in [0.25, 0.3) is 0 Å². The molecule has 1 saturated heterocycles. The third-order valence-corrected chi connectivity index (χ3v) is 7.00. The largest absolute Gasteiger partial charge is 0.444 e. The molecule has 4 heterocycles. The monoisotopic (exact) mass is 580 g/mol. The Balaban J connectivity index is 1.92. The zero-order chi connectivity index (χ0) is 28.8. The van der Waals surface area contributed by atoms with Crippen molar-refractivity contribution in [2.75, 3.05) is 31.1 Å². The van der Waals surface area contributed by atoms with Crippen LogP contribution in [0.5, 0.6) is 0 Å². The zero-order valence-electron chi connectivity index (χ0n) is 22.6. The normalized spacial score (nSPS) is 16.3. The van der Waals surface area contributed by atoms with Crippen LogP contribution >= 0.6 is 23.2 Å². The molecule has 0 saturated carbocycles. The summed E-state index contributed by atoms with van der Waals surface area (Å²) in [5.74, 6) is -0.985. The number of carbonyl (C=O) groups is 1. The Morgan fingerprint density at radius 2 is 1.95 bits per heavy atom. The lowest BCUT2D eigenvalue weighted by atomic mass is 10.0. The number of nitrogens with zero attached hydrogens (tertiary/aromatic N) is 6. The number of anilines is 1. The number of aromatic nitrogens is 4. The zero-order valence-corrected chi connectivity index (χ0v) is 24.1. The summed E-state index contributed by atoms with van der Waals surface area (Å²) >= 11 is 12.6. The molecule has 1 amide bonds. The van der Waals surface area contributed by atoms with Crippen LogP contribution in [0, 0.1) is 12.7 Å². The van der Waals surface area contributed by atoms with E-state index in [1.54, 1.807) is 37.9 Å². The summed E-state index contributed by atoms with van der Waals surface area (Å²) in [7, 11) is 0. The number of halogens is 3. The quantitative estimate of drug-likeness (QED) is 0.449. The number of aliphatic hydroxyl groups excluding tert-OH is 1. The number of pyridine rings is 2. The predicted octanol–water partition coefficient (Wildman–Crippen LogP) is 4.47. The molecule has 0 bridgehead atoms. The molecule has 1 fully saturated rings. The smallest absolute Gasteiger partial charge is 0.410 e. The fraction of sp³-hybridized carbons (Fsp3) is 0.500. The van der Waals surface area contributed by atoms with Crippen LogP contribution in [0.15, 0.2) is 17.1 Å². The molecule has 0 aromatic carbocycles. The molecular weight excluding hydrogens is 550 g/mol. The minimum absolute atomic E-state index is 0.00524. The van der Waals surface area contributed by atoms with Crippen molar-refractivity contribution in [2.45, 2.75) is 59.1 Å². The molecule has 3 aromatic rings. The summed E-state index contributed by atoms with van der Waals surface area (Å²) in [6, 6.07) is 1.07. The van der Waals surface area contributed by atoms with E-state index in [-0.39, 0.29) is 54.0 Å². The van der Waals surface area contributed by atoms with Crippen molar-refractivity contribution in [3.8, 4) is 5.69 Å². The molecule has 1 N–H and O–H groups in total. The summed E-state index contributed by atoms with van der Waals surface area (Å²) in [5.41, 5.74) is 0.412. The van der Waals surface area contributed by atoms with Crippen molar-refractivity contribution < 1.29 is 19.0 Å². The van der Waals surface area contributed by atoms with Gasteiger partial charge in [0.05, 0.1) is 34.4 Å². The Labute approximate surface area is 235 Å². The first-order valence-electron chi connectivity index (χ1n) is 12.5. The van der Waals surface area contributed by atoms with E-state index in [1.807, 2.05) is 20.8 Å². The molecule has 210 valence electrons. The predicted molar refractivity (Wildman–Crippen MR) is 148 cm³/mol. The first-order valence-corrected chi connectivity index (χ1v) is 13.3. The standard InChI is InChI=1S/C26H31Cl2FN6O4/c1-13(2)19-20(14(3)7-8-30-19)35-23-16(17(27)18(29)21(28)31-23)22(32-24(35)37)34-10-9-33(11-15(34)12-36)25(38)39-26(4,5)6/h7-8,13,15,36H,9-12H2,1-6H3. The molecule has 1 unspecified atom stereocenters. The molecular formula is C26H31Cl2FN6O4. The van der Waals surface area contributed by atoms with E-state index in [2.05, 4.69) is 15.0 Å². The molecule has 13 heteroatoms. The molecule has 10 nitrogen and oxygen atoms in total. The summed E-state index contributed by atoms with van der Waals surface area (Å²) in [6.45, 7) is 11.0. The van der Waals surface area contributed by atoms with Crippen LogP contribution in [0.25, 0.3) is 16.7 Å². The fourth-order valence-electron chi connectivity index (χ4n) is 4.62. The number of rotatable bonds is 4. The second kappa shape index (κ2) is 10.9. The molecule has 1 aliphatic rings. The number of ether oxygens (including phenoxy) is 1. The lowest BCUT2D eigenvalue weighted by molar-refractivity contribution is 0.0197. The highest BCUT2D eigenvalue weighted by atomic mass is 35.5. The second-order valence-electron chi connectivity index (χ2n) is 10.8. The van der Waals surface area contributed by atoms with E-state index in [0.717, 1.165) is 5.56 Å². The average molecular weight is 581 g/mol. The molecule has 4 rings (SSSR count). The minimum Gasteiger partial charge on any atom is -0.444 e. The van der Waals surface area contributed by atoms with Gasteiger partial charge < -0.3 is 19.6 Å². The van der Waals surface area contributed by atoms with Gasteiger partial charge in [0.1, 0.15) is 11.4 Å². The second-order valence-corrected chi connectivity index (χ2v) is 11.5. The lowest BCUT2D eigenvalue weighted by Crippen LogP contribution is -2.57. The van der Waals surface area contributed by atoms with E-state index in [1.165, 1.54) is 9.47 Å². The molecule has 0 spiro atoms. The Kier molecular flexibility index (Phi) is 8.07. The fourth-order valence-corrected chi connectivity index (χ4v) is 5.10. The van der Waals surface area contributed by atoms with E-state index >= 15 is 4.39 Å². The SMILES string of the molecule is Cc1ccnc(C(C)C)c1-n1c(=O)nc(N2CCN(C(=O)OC(C)(C)C)CC2CO)c2c(Cl)c(F)c(Cl)nc21. The Morgan fingerprint density at radius 3 is 2.56 bits per heavy atom. The van der Waals surface area contributed by atoms with Crippen LogP contribution in [-0.2, 0) is 4.74 Å². The van der Waals surface area contributed by atoms with Gasteiger partial charge >= 0.3 is 11.8 Å². The third-order valence-electron chi connectivity index (χ3n) is 6.39. The van der Waals surface area contributed by atoms with Gasteiger partial charge in [-0.15, -0.1) is 0 Å². The first kappa shape index (κ1) is 29.0. The summed E-state index contributed by atoms with van der Waals surface area (Å²) in [5, 5.41) is 9.44. The number of carbonyl (C=O) groups excluding carboxylic acids is 1. The first-order chi connectivity index (χ1) is 18.2. The third kappa shape index (κ3) is 5.53. The maximum absolute atomic E-state index is 15.0. The van der Waals surface area contributed by atoms with Crippen molar-refractivity contribution in [2.24, 2.45) is 0 Å².